The molecule has 2 fully saturated rings. The van der Waals surface area contributed by atoms with Gasteiger partial charge in [-0.15, -0.1) is 12.4 Å². The Labute approximate surface area is 135 Å². The summed E-state index contributed by atoms with van der Waals surface area (Å²) >= 11 is 0. The second kappa shape index (κ2) is 8.35. The monoisotopic (exact) mass is 318 g/mol. The molecule has 21 heavy (non-hydrogen) atoms. The molecule has 1 amide bonds. The number of hydrogen-bond donors (Lipinski definition) is 1. The normalized spacial score (nSPS) is 28.8. The molecular weight excluding hydrogens is 288 g/mol. The first-order chi connectivity index (χ1) is 9.58. The molecule has 0 spiro atoms. The number of nitrogens with zero attached hydrogens (tertiary/aromatic N) is 1. The molecule has 2 rings (SSSR count). The molecule has 4 nitrogen and oxygen atoms in total. The minimum Gasteiger partial charge on any atom is -0.372 e. The summed E-state index contributed by atoms with van der Waals surface area (Å²) in [6, 6.07) is 0. The fourth-order valence-electron chi connectivity index (χ4n) is 3.66. The highest BCUT2D eigenvalue weighted by Crippen LogP contribution is 2.39. The Morgan fingerprint density at radius 1 is 1.29 bits per heavy atom. The van der Waals surface area contributed by atoms with Crippen molar-refractivity contribution in [1.82, 2.24) is 4.90 Å². The molecule has 1 saturated heterocycles. The van der Waals surface area contributed by atoms with Crippen LogP contribution in [0.3, 0.4) is 0 Å². The van der Waals surface area contributed by atoms with Gasteiger partial charge in [0.1, 0.15) is 0 Å². The van der Waals surface area contributed by atoms with Crippen molar-refractivity contribution in [2.24, 2.45) is 11.1 Å². The van der Waals surface area contributed by atoms with Crippen LogP contribution in [0.25, 0.3) is 0 Å². The molecule has 0 bridgehead atoms. The molecule has 2 atom stereocenters. The summed E-state index contributed by atoms with van der Waals surface area (Å²) in [7, 11) is 0. The number of amides is 1. The molecule has 0 aromatic carbocycles. The van der Waals surface area contributed by atoms with E-state index in [0.717, 1.165) is 32.4 Å². The van der Waals surface area contributed by atoms with Crippen LogP contribution in [0.15, 0.2) is 0 Å². The van der Waals surface area contributed by atoms with Crippen molar-refractivity contribution in [3.8, 4) is 0 Å². The lowest BCUT2D eigenvalue weighted by atomic mass is 9.71. The molecule has 2 aliphatic rings. The van der Waals surface area contributed by atoms with Crippen LogP contribution in [0.1, 0.15) is 58.8 Å². The largest absolute Gasteiger partial charge is 0.372 e. The van der Waals surface area contributed by atoms with Crippen molar-refractivity contribution < 1.29 is 9.53 Å². The summed E-state index contributed by atoms with van der Waals surface area (Å²) in [6.07, 6.45) is 7.92. The van der Waals surface area contributed by atoms with Gasteiger partial charge < -0.3 is 15.4 Å². The molecule has 2 unspecified atom stereocenters. The van der Waals surface area contributed by atoms with E-state index in [-0.39, 0.29) is 35.9 Å². The zero-order valence-corrected chi connectivity index (χ0v) is 14.3. The fraction of sp³-hybridized carbons (Fsp3) is 0.938. The predicted molar refractivity (Wildman–Crippen MR) is 87.6 cm³/mol. The number of nitrogens with two attached hydrogens (primary N) is 1. The van der Waals surface area contributed by atoms with Crippen molar-refractivity contribution in [3.05, 3.63) is 0 Å². The SMILES string of the molecule is CCC1CN(C(=O)CC2(CN)CCCCC2)CC(C)O1.Cl. The maximum atomic E-state index is 12.7. The van der Waals surface area contributed by atoms with Gasteiger partial charge in [-0.3, -0.25) is 4.79 Å². The Morgan fingerprint density at radius 3 is 2.52 bits per heavy atom. The van der Waals surface area contributed by atoms with Crippen LogP contribution in [-0.4, -0.2) is 42.6 Å². The third-order valence-corrected chi connectivity index (χ3v) is 5.01. The van der Waals surface area contributed by atoms with Gasteiger partial charge in [-0.25, -0.2) is 0 Å². The van der Waals surface area contributed by atoms with Gasteiger partial charge in [0.15, 0.2) is 0 Å². The zero-order chi connectivity index (χ0) is 14.6. The summed E-state index contributed by atoms with van der Waals surface area (Å²) in [5.74, 6) is 0.283. The Balaban J connectivity index is 0.00000220. The van der Waals surface area contributed by atoms with Gasteiger partial charge in [0.2, 0.25) is 5.91 Å². The van der Waals surface area contributed by atoms with Gasteiger partial charge in [-0.1, -0.05) is 26.2 Å². The molecular formula is C16H31ClN2O2. The second-order valence-electron chi connectivity index (χ2n) is 6.72. The Bertz CT molecular complexity index is 332. The Kier molecular flexibility index (Phi) is 7.45. The molecule has 1 saturated carbocycles. The maximum absolute atomic E-state index is 12.7. The smallest absolute Gasteiger partial charge is 0.223 e. The van der Waals surface area contributed by atoms with Crippen molar-refractivity contribution in [2.45, 2.75) is 71.0 Å². The summed E-state index contributed by atoms with van der Waals surface area (Å²) in [5.41, 5.74) is 6.07. The standard InChI is InChI=1S/C16H30N2O2.ClH/c1-3-14-11-18(10-13(2)20-14)15(19)9-16(12-17)7-5-4-6-8-16;/h13-14H,3-12,17H2,1-2H3;1H. The number of halogens is 1. The molecule has 0 radical (unpaired) electrons. The lowest BCUT2D eigenvalue weighted by Crippen LogP contribution is -2.50. The highest BCUT2D eigenvalue weighted by atomic mass is 35.5. The van der Waals surface area contributed by atoms with Gasteiger partial charge in [-0.05, 0) is 38.1 Å². The van der Waals surface area contributed by atoms with E-state index in [1.807, 2.05) is 4.90 Å². The topological polar surface area (TPSA) is 55.6 Å². The van der Waals surface area contributed by atoms with Crippen LogP contribution in [0, 0.1) is 5.41 Å². The molecule has 1 aliphatic carbocycles. The van der Waals surface area contributed by atoms with Gasteiger partial charge in [-0.2, -0.15) is 0 Å². The number of carbonyl (C=O) groups is 1. The van der Waals surface area contributed by atoms with Crippen molar-refractivity contribution in [2.75, 3.05) is 19.6 Å². The van der Waals surface area contributed by atoms with Crippen molar-refractivity contribution in [1.29, 1.82) is 0 Å². The lowest BCUT2D eigenvalue weighted by molar-refractivity contribution is -0.147. The summed E-state index contributed by atoms with van der Waals surface area (Å²) < 4.78 is 5.84. The molecule has 2 N–H and O–H groups in total. The second-order valence-corrected chi connectivity index (χ2v) is 6.72. The summed E-state index contributed by atoms with van der Waals surface area (Å²) in [4.78, 5) is 14.7. The number of rotatable bonds is 4. The minimum atomic E-state index is 0. The molecule has 0 aromatic rings. The van der Waals surface area contributed by atoms with E-state index in [2.05, 4.69) is 13.8 Å². The van der Waals surface area contributed by atoms with Crippen molar-refractivity contribution in [3.63, 3.8) is 0 Å². The third-order valence-electron chi connectivity index (χ3n) is 5.01. The molecule has 1 aliphatic heterocycles. The predicted octanol–water partition coefficient (Wildman–Crippen LogP) is 2.73. The van der Waals surface area contributed by atoms with Gasteiger partial charge >= 0.3 is 0 Å². The van der Waals surface area contributed by atoms with E-state index in [1.54, 1.807) is 0 Å². The Hall–Kier alpha value is -0.320. The fourth-order valence-corrected chi connectivity index (χ4v) is 3.66. The Morgan fingerprint density at radius 2 is 1.95 bits per heavy atom. The maximum Gasteiger partial charge on any atom is 0.223 e. The number of ether oxygens (including phenoxy) is 1. The highest BCUT2D eigenvalue weighted by Gasteiger charge is 2.36. The quantitative estimate of drug-likeness (QED) is 0.867. The summed E-state index contributed by atoms with van der Waals surface area (Å²) in [5, 5.41) is 0. The van der Waals surface area contributed by atoms with E-state index >= 15 is 0 Å². The van der Waals surface area contributed by atoms with E-state index < -0.39 is 0 Å². The van der Waals surface area contributed by atoms with Crippen LogP contribution in [0.2, 0.25) is 0 Å². The average Bonchev–Trinajstić information content (AvgIpc) is 2.47. The molecule has 1 heterocycles. The summed E-state index contributed by atoms with van der Waals surface area (Å²) in [6.45, 7) is 6.31. The van der Waals surface area contributed by atoms with E-state index in [4.69, 9.17) is 10.5 Å². The first-order valence-corrected chi connectivity index (χ1v) is 8.22. The van der Waals surface area contributed by atoms with Crippen LogP contribution in [0.4, 0.5) is 0 Å². The van der Waals surface area contributed by atoms with E-state index in [0.29, 0.717) is 13.0 Å². The van der Waals surface area contributed by atoms with Crippen LogP contribution >= 0.6 is 12.4 Å². The zero-order valence-electron chi connectivity index (χ0n) is 13.5. The minimum absolute atomic E-state index is 0. The van der Waals surface area contributed by atoms with Gasteiger partial charge in [0.25, 0.3) is 0 Å². The first-order valence-electron chi connectivity index (χ1n) is 8.22. The van der Waals surface area contributed by atoms with Crippen molar-refractivity contribution >= 4 is 18.3 Å². The molecule has 0 aromatic heterocycles. The van der Waals surface area contributed by atoms with Crippen LogP contribution in [-0.2, 0) is 9.53 Å². The number of morpholine rings is 1. The highest BCUT2D eigenvalue weighted by molar-refractivity contribution is 5.85. The first kappa shape index (κ1) is 18.7. The lowest BCUT2D eigenvalue weighted by Gasteiger charge is -2.40. The van der Waals surface area contributed by atoms with E-state index in [1.165, 1.54) is 19.3 Å². The molecule has 5 heteroatoms. The number of carbonyl (C=O) groups excluding carboxylic acids is 1. The van der Waals surface area contributed by atoms with E-state index in [9.17, 15) is 4.79 Å². The molecule has 124 valence electrons. The number of hydrogen-bond acceptors (Lipinski definition) is 3. The van der Waals surface area contributed by atoms with Gasteiger partial charge in [0, 0.05) is 19.5 Å². The third kappa shape index (κ3) is 4.83. The van der Waals surface area contributed by atoms with Crippen LogP contribution in [0.5, 0.6) is 0 Å². The van der Waals surface area contributed by atoms with Crippen LogP contribution < -0.4 is 5.73 Å². The van der Waals surface area contributed by atoms with Gasteiger partial charge in [0.05, 0.1) is 12.2 Å². The average molecular weight is 319 g/mol.